The molecule has 1 nitrogen and oxygen atoms in total. The van der Waals surface area contributed by atoms with Crippen molar-refractivity contribution in [1.82, 2.24) is 4.90 Å². The van der Waals surface area contributed by atoms with Crippen LogP contribution in [-0.4, -0.2) is 24.0 Å². The Morgan fingerprint density at radius 3 is 1.71 bits per heavy atom. The SMILES string of the molecule is C[C@@H]1C[C@H](C)N1C. The van der Waals surface area contributed by atoms with E-state index < -0.39 is 0 Å². The quantitative estimate of drug-likeness (QED) is 0.439. The minimum atomic E-state index is 0.843. The smallest absolute Gasteiger partial charge is 0.00814 e. The number of nitrogens with zero attached hydrogens (tertiary/aromatic N) is 1. The molecular formula is C6H13N. The first kappa shape index (κ1) is 5.10. The van der Waals surface area contributed by atoms with E-state index in [1.165, 1.54) is 6.42 Å². The molecule has 1 saturated heterocycles. The number of hydrogen-bond acceptors (Lipinski definition) is 1. The lowest BCUT2D eigenvalue weighted by Gasteiger charge is -2.42. The van der Waals surface area contributed by atoms with Gasteiger partial charge in [0.25, 0.3) is 0 Å². The molecule has 0 aromatic heterocycles. The van der Waals surface area contributed by atoms with E-state index in [1.807, 2.05) is 0 Å². The molecule has 2 atom stereocenters. The summed E-state index contributed by atoms with van der Waals surface area (Å²) in [4.78, 5) is 2.39. The molecule has 0 bridgehead atoms. The molecule has 0 amide bonds. The van der Waals surface area contributed by atoms with Crippen LogP contribution in [0.15, 0.2) is 0 Å². The van der Waals surface area contributed by atoms with E-state index in [4.69, 9.17) is 0 Å². The standard InChI is InChI=1S/C6H13N/c1-5-4-6(2)7(5)3/h5-6H,4H2,1-3H3/t5-,6+. The zero-order valence-corrected chi connectivity index (χ0v) is 5.31. The molecule has 0 N–H and O–H groups in total. The molecule has 1 heterocycles. The summed E-state index contributed by atoms with van der Waals surface area (Å²) < 4.78 is 0. The van der Waals surface area contributed by atoms with Gasteiger partial charge in [0.15, 0.2) is 0 Å². The molecule has 1 heteroatoms. The van der Waals surface area contributed by atoms with Crippen LogP contribution >= 0.6 is 0 Å². The first-order chi connectivity index (χ1) is 3.22. The predicted molar refractivity (Wildman–Crippen MR) is 31.3 cm³/mol. The predicted octanol–water partition coefficient (Wildman–Crippen LogP) is 1.10. The minimum Gasteiger partial charge on any atom is -0.301 e. The third-order valence-corrected chi connectivity index (χ3v) is 2.07. The maximum Gasteiger partial charge on any atom is 0.00814 e. The van der Waals surface area contributed by atoms with Gasteiger partial charge in [0.1, 0.15) is 0 Å². The van der Waals surface area contributed by atoms with E-state index in [2.05, 4.69) is 25.8 Å². The fourth-order valence-electron chi connectivity index (χ4n) is 1.12. The highest BCUT2D eigenvalue weighted by Crippen LogP contribution is 2.21. The van der Waals surface area contributed by atoms with Crippen LogP contribution in [0.4, 0.5) is 0 Å². The van der Waals surface area contributed by atoms with E-state index in [9.17, 15) is 0 Å². The highest BCUT2D eigenvalue weighted by Gasteiger charge is 2.26. The van der Waals surface area contributed by atoms with Crippen LogP contribution in [0.5, 0.6) is 0 Å². The molecule has 0 unspecified atom stereocenters. The first-order valence-electron chi connectivity index (χ1n) is 2.93. The van der Waals surface area contributed by atoms with Gasteiger partial charge in [0, 0.05) is 12.1 Å². The number of likely N-dealkylation sites (tertiary alicyclic amines) is 1. The zero-order chi connectivity index (χ0) is 5.44. The third-order valence-electron chi connectivity index (χ3n) is 2.07. The zero-order valence-electron chi connectivity index (χ0n) is 5.31. The molecule has 0 radical (unpaired) electrons. The maximum atomic E-state index is 2.39. The molecule has 0 aromatic carbocycles. The molecule has 0 saturated carbocycles. The van der Waals surface area contributed by atoms with Gasteiger partial charge < -0.3 is 4.90 Å². The second-order valence-corrected chi connectivity index (χ2v) is 2.60. The van der Waals surface area contributed by atoms with E-state index in [1.54, 1.807) is 0 Å². The Morgan fingerprint density at radius 2 is 1.71 bits per heavy atom. The number of rotatable bonds is 0. The molecule has 0 spiro atoms. The second-order valence-electron chi connectivity index (χ2n) is 2.60. The first-order valence-corrected chi connectivity index (χ1v) is 2.93. The normalized spacial score (nSPS) is 43.3. The summed E-state index contributed by atoms with van der Waals surface area (Å²) in [7, 11) is 2.18. The highest BCUT2D eigenvalue weighted by atomic mass is 15.2. The van der Waals surface area contributed by atoms with Crippen LogP contribution in [-0.2, 0) is 0 Å². The molecule has 1 aliphatic rings. The summed E-state index contributed by atoms with van der Waals surface area (Å²) in [6, 6.07) is 1.69. The van der Waals surface area contributed by atoms with Crippen LogP contribution in [0.2, 0.25) is 0 Å². The summed E-state index contributed by atoms with van der Waals surface area (Å²) in [5.41, 5.74) is 0. The van der Waals surface area contributed by atoms with Crippen molar-refractivity contribution in [1.29, 1.82) is 0 Å². The fourth-order valence-corrected chi connectivity index (χ4v) is 1.12. The van der Waals surface area contributed by atoms with E-state index in [-0.39, 0.29) is 0 Å². The molecular weight excluding hydrogens is 86.1 g/mol. The molecule has 0 aliphatic carbocycles. The van der Waals surface area contributed by atoms with Gasteiger partial charge in [-0.05, 0) is 27.3 Å². The average molecular weight is 99.2 g/mol. The van der Waals surface area contributed by atoms with Gasteiger partial charge in [-0.2, -0.15) is 0 Å². The van der Waals surface area contributed by atoms with Gasteiger partial charge in [-0.25, -0.2) is 0 Å². The fraction of sp³-hybridized carbons (Fsp3) is 1.00. The number of hydrogen-bond donors (Lipinski definition) is 0. The highest BCUT2D eigenvalue weighted by molar-refractivity contribution is 4.83. The van der Waals surface area contributed by atoms with Crippen LogP contribution < -0.4 is 0 Å². The Hall–Kier alpha value is -0.0400. The summed E-state index contributed by atoms with van der Waals surface area (Å²) in [6.07, 6.45) is 1.39. The Labute approximate surface area is 45.3 Å². The van der Waals surface area contributed by atoms with Gasteiger partial charge in [-0.1, -0.05) is 0 Å². The van der Waals surface area contributed by atoms with Crippen molar-refractivity contribution in [2.75, 3.05) is 7.05 Å². The Morgan fingerprint density at radius 1 is 1.29 bits per heavy atom. The van der Waals surface area contributed by atoms with Crippen molar-refractivity contribution in [2.45, 2.75) is 32.4 Å². The summed E-state index contributed by atoms with van der Waals surface area (Å²) >= 11 is 0. The van der Waals surface area contributed by atoms with Crippen LogP contribution in [0.1, 0.15) is 20.3 Å². The van der Waals surface area contributed by atoms with Crippen LogP contribution in [0, 0.1) is 0 Å². The van der Waals surface area contributed by atoms with Gasteiger partial charge >= 0.3 is 0 Å². The monoisotopic (exact) mass is 99.1 g/mol. The summed E-state index contributed by atoms with van der Waals surface area (Å²) in [6.45, 7) is 4.53. The van der Waals surface area contributed by atoms with Crippen molar-refractivity contribution >= 4 is 0 Å². The maximum absolute atomic E-state index is 2.39. The molecule has 0 aromatic rings. The van der Waals surface area contributed by atoms with Crippen molar-refractivity contribution in [2.24, 2.45) is 0 Å². The van der Waals surface area contributed by atoms with Crippen LogP contribution in [0.3, 0.4) is 0 Å². The summed E-state index contributed by atoms with van der Waals surface area (Å²) in [5.74, 6) is 0. The molecule has 1 aliphatic heterocycles. The molecule has 1 fully saturated rings. The lowest BCUT2D eigenvalue weighted by molar-refractivity contribution is 0.0697. The van der Waals surface area contributed by atoms with Gasteiger partial charge in [0.2, 0.25) is 0 Å². The topological polar surface area (TPSA) is 3.24 Å². The Kier molecular flexibility index (Phi) is 1.08. The van der Waals surface area contributed by atoms with Crippen molar-refractivity contribution in [3.05, 3.63) is 0 Å². The Bertz CT molecular complexity index is 62.6. The third kappa shape index (κ3) is 0.653. The summed E-state index contributed by atoms with van der Waals surface area (Å²) in [5, 5.41) is 0. The van der Waals surface area contributed by atoms with E-state index in [0.29, 0.717) is 0 Å². The largest absolute Gasteiger partial charge is 0.301 e. The van der Waals surface area contributed by atoms with Crippen molar-refractivity contribution < 1.29 is 0 Å². The molecule has 42 valence electrons. The minimum absolute atomic E-state index is 0.843. The van der Waals surface area contributed by atoms with Gasteiger partial charge in [-0.3, -0.25) is 0 Å². The van der Waals surface area contributed by atoms with Gasteiger partial charge in [-0.15, -0.1) is 0 Å². The molecule has 7 heavy (non-hydrogen) atoms. The lowest BCUT2D eigenvalue weighted by Crippen LogP contribution is -2.49. The Balaban J connectivity index is 2.29. The molecule has 1 rings (SSSR count). The van der Waals surface area contributed by atoms with E-state index in [0.717, 1.165) is 12.1 Å². The van der Waals surface area contributed by atoms with Crippen molar-refractivity contribution in [3.63, 3.8) is 0 Å². The lowest BCUT2D eigenvalue weighted by atomic mass is 9.98. The van der Waals surface area contributed by atoms with Gasteiger partial charge in [0.05, 0.1) is 0 Å². The van der Waals surface area contributed by atoms with Crippen molar-refractivity contribution in [3.8, 4) is 0 Å². The average Bonchev–Trinajstić information content (AvgIpc) is 1.68. The van der Waals surface area contributed by atoms with E-state index >= 15 is 0 Å². The van der Waals surface area contributed by atoms with Crippen LogP contribution in [0.25, 0.3) is 0 Å². The second kappa shape index (κ2) is 1.48.